The molecule has 2 aromatic rings. The highest BCUT2D eigenvalue weighted by Crippen LogP contribution is 2.20. The molecule has 1 N–H and O–H groups in total. The lowest BCUT2D eigenvalue weighted by atomic mass is 10.2. The van der Waals surface area contributed by atoms with Gasteiger partial charge >= 0.3 is 0 Å². The summed E-state index contributed by atoms with van der Waals surface area (Å²) in [5.74, 6) is 1.00. The quantitative estimate of drug-likeness (QED) is 0.685. The first-order valence-electron chi connectivity index (χ1n) is 6.33. The number of thioether (sulfide) groups is 1. The number of hydrogen-bond acceptors (Lipinski definition) is 5. The van der Waals surface area contributed by atoms with E-state index in [1.165, 1.54) is 18.1 Å². The molecule has 6 nitrogen and oxygen atoms in total. The van der Waals surface area contributed by atoms with Crippen molar-refractivity contribution in [3.63, 3.8) is 0 Å². The highest BCUT2D eigenvalue weighted by Gasteiger charge is 2.18. The van der Waals surface area contributed by atoms with Crippen LogP contribution in [0.3, 0.4) is 0 Å². The zero-order chi connectivity index (χ0) is 15.6. The third-order valence-electron chi connectivity index (χ3n) is 3.04. The molecule has 21 heavy (non-hydrogen) atoms. The lowest BCUT2D eigenvalue weighted by Gasteiger charge is -2.12. The first-order valence-corrected chi connectivity index (χ1v) is 7.73. The molecular weight excluding hydrogens is 306 g/mol. The van der Waals surface area contributed by atoms with Gasteiger partial charge in [-0.1, -0.05) is 24.0 Å². The Morgan fingerprint density at radius 1 is 1.48 bits per heavy atom. The molecule has 0 aliphatic carbocycles. The fraction of sp³-hybridized carbons (Fsp3) is 0.385. The number of carbonyl (C=O) groups is 1. The Bertz CT molecular complexity index is 660. The molecular formula is C13H17N5OS2. The van der Waals surface area contributed by atoms with E-state index in [1.807, 2.05) is 43.5 Å². The summed E-state index contributed by atoms with van der Waals surface area (Å²) in [6, 6.07) is 1.87. The van der Waals surface area contributed by atoms with Crippen molar-refractivity contribution in [1.82, 2.24) is 24.6 Å². The Kier molecular flexibility index (Phi) is 4.79. The van der Waals surface area contributed by atoms with E-state index in [4.69, 9.17) is 12.2 Å². The van der Waals surface area contributed by atoms with Crippen LogP contribution in [0.5, 0.6) is 0 Å². The number of H-pyrrole nitrogens is 1. The first kappa shape index (κ1) is 15.7. The number of ketones is 1. The van der Waals surface area contributed by atoms with Gasteiger partial charge in [0.25, 0.3) is 0 Å². The zero-order valence-corrected chi connectivity index (χ0v) is 14.0. The maximum absolute atomic E-state index is 12.4. The number of aryl methyl sites for hydroxylation is 1. The van der Waals surface area contributed by atoms with Crippen molar-refractivity contribution in [2.24, 2.45) is 0 Å². The molecule has 0 spiro atoms. The maximum Gasteiger partial charge on any atom is 0.229 e. The minimum Gasteiger partial charge on any atom is -0.364 e. The monoisotopic (exact) mass is 323 g/mol. The first-order chi connectivity index (χ1) is 9.91. The number of aromatic amines is 1. The highest BCUT2D eigenvalue weighted by atomic mass is 32.2. The van der Waals surface area contributed by atoms with E-state index in [2.05, 4.69) is 15.2 Å². The van der Waals surface area contributed by atoms with Gasteiger partial charge in [0.15, 0.2) is 5.78 Å². The van der Waals surface area contributed by atoms with Gasteiger partial charge in [-0.15, -0.1) is 0 Å². The van der Waals surface area contributed by atoms with Gasteiger partial charge in [0.05, 0.1) is 5.75 Å². The fourth-order valence-electron chi connectivity index (χ4n) is 2.01. The van der Waals surface area contributed by atoms with Gasteiger partial charge in [-0.25, -0.2) is 5.10 Å². The number of aromatic nitrogens is 4. The van der Waals surface area contributed by atoms with Crippen LogP contribution in [0.1, 0.15) is 21.7 Å². The van der Waals surface area contributed by atoms with Crippen LogP contribution in [0.15, 0.2) is 12.4 Å². The predicted octanol–water partition coefficient (Wildman–Crippen LogP) is 1.97. The molecule has 2 aromatic heterocycles. The summed E-state index contributed by atoms with van der Waals surface area (Å²) in [6.45, 7) is 3.83. The molecule has 0 amide bonds. The molecule has 112 valence electrons. The fourth-order valence-corrected chi connectivity index (χ4v) is 2.86. The minimum atomic E-state index is 0.0584. The van der Waals surface area contributed by atoms with Crippen LogP contribution >= 0.6 is 24.0 Å². The molecule has 0 saturated heterocycles. The molecule has 0 atom stereocenters. The van der Waals surface area contributed by atoms with Crippen molar-refractivity contribution >= 4 is 34.1 Å². The second-order valence-electron chi connectivity index (χ2n) is 4.80. The van der Waals surface area contributed by atoms with Crippen LogP contribution in [0.4, 0.5) is 0 Å². The Labute approximate surface area is 132 Å². The van der Waals surface area contributed by atoms with Crippen molar-refractivity contribution < 1.29 is 4.79 Å². The predicted molar refractivity (Wildman–Crippen MR) is 88.3 cm³/mol. The number of nitrogens with zero attached hydrogens (tertiary/aromatic N) is 4. The average Bonchev–Trinajstić information content (AvgIpc) is 3.03. The molecule has 0 aliphatic rings. The van der Waals surface area contributed by atoms with Crippen molar-refractivity contribution in [3.8, 4) is 5.95 Å². The molecule has 0 unspecified atom stereocenters. The molecule has 0 aromatic carbocycles. The van der Waals surface area contributed by atoms with E-state index >= 15 is 0 Å². The molecule has 0 radical (unpaired) electrons. The molecule has 0 saturated carbocycles. The van der Waals surface area contributed by atoms with Crippen LogP contribution in [0.2, 0.25) is 0 Å². The van der Waals surface area contributed by atoms with E-state index in [-0.39, 0.29) is 5.78 Å². The van der Waals surface area contributed by atoms with Gasteiger partial charge in [-0.3, -0.25) is 9.36 Å². The van der Waals surface area contributed by atoms with Crippen LogP contribution in [0, 0.1) is 13.8 Å². The number of rotatable bonds is 4. The van der Waals surface area contributed by atoms with E-state index in [1.54, 1.807) is 0 Å². The van der Waals surface area contributed by atoms with Gasteiger partial charge in [-0.2, -0.15) is 10.1 Å². The molecule has 2 heterocycles. The van der Waals surface area contributed by atoms with E-state index in [0.29, 0.717) is 21.6 Å². The van der Waals surface area contributed by atoms with Gasteiger partial charge in [0, 0.05) is 31.0 Å². The van der Waals surface area contributed by atoms with Gasteiger partial charge in [0.1, 0.15) is 10.6 Å². The Morgan fingerprint density at radius 3 is 2.76 bits per heavy atom. The van der Waals surface area contributed by atoms with E-state index in [9.17, 15) is 4.79 Å². The smallest absolute Gasteiger partial charge is 0.229 e. The summed E-state index contributed by atoms with van der Waals surface area (Å²) in [6.07, 6.45) is 1.45. The molecule has 0 bridgehead atoms. The molecule has 8 heteroatoms. The van der Waals surface area contributed by atoms with Crippen LogP contribution in [-0.2, 0) is 0 Å². The number of carbonyl (C=O) groups excluding carboxylic acids is 1. The van der Waals surface area contributed by atoms with E-state index in [0.717, 1.165) is 11.4 Å². The van der Waals surface area contributed by atoms with Crippen LogP contribution < -0.4 is 0 Å². The van der Waals surface area contributed by atoms with Crippen LogP contribution in [0.25, 0.3) is 5.95 Å². The summed E-state index contributed by atoms with van der Waals surface area (Å²) in [5.41, 5.74) is 2.48. The summed E-state index contributed by atoms with van der Waals surface area (Å²) in [4.78, 5) is 18.3. The second kappa shape index (κ2) is 6.40. The van der Waals surface area contributed by atoms with Gasteiger partial charge in [0.2, 0.25) is 5.95 Å². The molecule has 0 fully saturated rings. The maximum atomic E-state index is 12.4. The number of Topliss-reactive ketones (excluding diaryl/α,β-unsaturated/α-hetero) is 1. The largest absolute Gasteiger partial charge is 0.364 e. The second-order valence-corrected chi connectivity index (χ2v) is 6.41. The Hall–Kier alpha value is -1.67. The topological polar surface area (TPSA) is 66.8 Å². The van der Waals surface area contributed by atoms with Crippen LogP contribution in [-0.4, -0.2) is 54.6 Å². The standard InChI is InChI=1S/C13H17N5OS2/c1-8-5-10(11(19)6-21-13(20)17(3)4)9(2)18(8)12-14-7-15-16-12/h5,7H,6H2,1-4H3,(H,14,15,16). The lowest BCUT2D eigenvalue weighted by Crippen LogP contribution is -2.18. The van der Waals surface area contributed by atoms with E-state index < -0.39 is 0 Å². The summed E-state index contributed by atoms with van der Waals surface area (Å²) in [7, 11) is 3.74. The van der Waals surface area contributed by atoms with Crippen molar-refractivity contribution in [3.05, 3.63) is 29.3 Å². The zero-order valence-electron chi connectivity index (χ0n) is 12.4. The summed E-state index contributed by atoms with van der Waals surface area (Å²) in [5, 5.41) is 6.66. The molecule has 2 rings (SSSR count). The normalized spacial score (nSPS) is 10.7. The van der Waals surface area contributed by atoms with Crippen molar-refractivity contribution in [2.45, 2.75) is 13.8 Å². The minimum absolute atomic E-state index is 0.0584. The van der Waals surface area contributed by atoms with Crippen molar-refractivity contribution in [2.75, 3.05) is 19.8 Å². The third kappa shape index (κ3) is 3.33. The van der Waals surface area contributed by atoms with Gasteiger partial charge < -0.3 is 4.90 Å². The number of thiocarbonyl (C=S) groups is 1. The van der Waals surface area contributed by atoms with Gasteiger partial charge in [-0.05, 0) is 19.9 Å². The SMILES string of the molecule is Cc1cc(C(=O)CSC(=S)N(C)C)c(C)n1-c1ncn[nH]1. The third-order valence-corrected chi connectivity index (χ3v) is 4.77. The number of nitrogens with one attached hydrogen (secondary N) is 1. The van der Waals surface area contributed by atoms with Crippen molar-refractivity contribution in [1.29, 1.82) is 0 Å². The number of hydrogen-bond donors (Lipinski definition) is 1. The summed E-state index contributed by atoms with van der Waals surface area (Å²) >= 11 is 6.55. The Balaban J connectivity index is 2.20. The Morgan fingerprint density at radius 2 is 2.19 bits per heavy atom. The molecule has 0 aliphatic heterocycles. The highest BCUT2D eigenvalue weighted by molar-refractivity contribution is 8.23. The lowest BCUT2D eigenvalue weighted by molar-refractivity contribution is 0.102. The average molecular weight is 323 g/mol. The summed E-state index contributed by atoms with van der Waals surface area (Å²) < 4.78 is 2.59.